The van der Waals surface area contributed by atoms with Gasteiger partial charge in [0.05, 0.1) is 22.1 Å². The monoisotopic (exact) mass is 685 g/mol. The quantitative estimate of drug-likeness (QED) is 0.169. The van der Waals surface area contributed by atoms with Crippen molar-refractivity contribution in [1.82, 2.24) is 33.5 Å². The third-order valence-corrected chi connectivity index (χ3v) is 9.53. The summed E-state index contributed by atoms with van der Waals surface area (Å²) in [4.78, 5) is 48.4. The fourth-order valence-corrected chi connectivity index (χ4v) is 7.09. The Hall–Kier alpha value is -7.52. The second-order valence-electron chi connectivity index (χ2n) is 12.7. The van der Waals surface area contributed by atoms with Gasteiger partial charge in [-0.25, -0.2) is 19.9 Å². The van der Waals surface area contributed by atoms with Crippen molar-refractivity contribution < 1.29 is 0 Å². The SMILES string of the molecule is O=c1c2nc3ccccc3c(=O)n2c2c3ccccc3n(-c3ccc(-c4nc(-c5ccccc5)nc(-c5ccccc5)n4)cc3)c2n1-c1ccccc1. The average Bonchev–Trinajstić information content (AvgIpc) is 3.56. The van der Waals surface area contributed by atoms with Gasteiger partial charge in [-0.3, -0.25) is 23.1 Å². The van der Waals surface area contributed by atoms with E-state index >= 15 is 0 Å². The molecule has 0 aliphatic heterocycles. The zero-order valence-electron chi connectivity index (χ0n) is 28.0. The van der Waals surface area contributed by atoms with E-state index in [1.54, 1.807) is 16.7 Å². The molecule has 4 aromatic heterocycles. The Morgan fingerprint density at radius 3 is 1.51 bits per heavy atom. The molecule has 0 aliphatic carbocycles. The first-order valence-electron chi connectivity index (χ1n) is 17.2. The van der Waals surface area contributed by atoms with Gasteiger partial charge in [-0.15, -0.1) is 0 Å². The van der Waals surface area contributed by atoms with Crippen molar-refractivity contribution in [3.63, 3.8) is 0 Å². The highest BCUT2D eigenvalue weighted by molar-refractivity contribution is 6.07. The predicted molar refractivity (Wildman–Crippen MR) is 209 cm³/mol. The summed E-state index contributed by atoms with van der Waals surface area (Å²) in [6.45, 7) is 0. The molecular weight excluding hydrogens is 659 g/mol. The van der Waals surface area contributed by atoms with Gasteiger partial charge in [0.1, 0.15) is 5.52 Å². The number of benzene rings is 6. The zero-order chi connectivity index (χ0) is 35.5. The Balaban J connectivity index is 1.25. The lowest BCUT2D eigenvalue weighted by atomic mass is 10.1. The Labute approximate surface area is 301 Å². The molecule has 10 aromatic rings. The second kappa shape index (κ2) is 12.1. The van der Waals surface area contributed by atoms with Gasteiger partial charge in [0.2, 0.25) is 5.65 Å². The largest absolute Gasteiger partial charge is 0.300 e. The van der Waals surface area contributed by atoms with Crippen LogP contribution in [0.1, 0.15) is 0 Å². The first-order valence-corrected chi connectivity index (χ1v) is 17.2. The average molecular weight is 686 g/mol. The number of fused-ring (bicyclic) bond motifs is 6. The van der Waals surface area contributed by atoms with Gasteiger partial charge in [0.25, 0.3) is 5.56 Å². The molecule has 53 heavy (non-hydrogen) atoms. The Bertz CT molecular complexity index is 3080. The maximum atomic E-state index is 14.6. The summed E-state index contributed by atoms with van der Waals surface area (Å²) in [5, 5.41) is 1.24. The van der Waals surface area contributed by atoms with Gasteiger partial charge in [-0.1, -0.05) is 109 Å². The molecular formula is C44H27N7O2. The van der Waals surface area contributed by atoms with Crippen LogP contribution in [0.15, 0.2) is 173 Å². The fourth-order valence-electron chi connectivity index (χ4n) is 7.09. The molecule has 0 bridgehead atoms. The normalized spacial score (nSPS) is 11.5. The van der Waals surface area contributed by atoms with Crippen molar-refractivity contribution in [3.05, 3.63) is 184 Å². The van der Waals surface area contributed by atoms with Crippen molar-refractivity contribution in [2.45, 2.75) is 0 Å². The van der Waals surface area contributed by atoms with E-state index < -0.39 is 5.56 Å². The second-order valence-corrected chi connectivity index (χ2v) is 12.7. The maximum Gasteiger partial charge on any atom is 0.300 e. The zero-order valence-corrected chi connectivity index (χ0v) is 28.0. The first kappa shape index (κ1) is 30.3. The smallest absolute Gasteiger partial charge is 0.294 e. The lowest BCUT2D eigenvalue weighted by Crippen LogP contribution is -2.29. The molecule has 0 fully saturated rings. The predicted octanol–water partition coefficient (Wildman–Crippen LogP) is 8.28. The minimum absolute atomic E-state index is 0.0570. The summed E-state index contributed by atoms with van der Waals surface area (Å²) < 4.78 is 5.17. The molecule has 0 unspecified atom stereocenters. The number of rotatable bonds is 5. The maximum absolute atomic E-state index is 14.6. The molecule has 0 spiro atoms. The van der Waals surface area contributed by atoms with Gasteiger partial charge >= 0.3 is 5.56 Å². The summed E-state index contributed by atoms with van der Waals surface area (Å²) in [5.41, 5.74) is 5.78. The minimum Gasteiger partial charge on any atom is -0.294 e. The molecule has 10 rings (SSSR count). The topological polar surface area (TPSA) is 100.0 Å². The summed E-state index contributed by atoms with van der Waals surface area (Å²) in [6.07, 6.45) is 0. The Morgan fingerprint density at radius 2 is 0.887 bits per heavy atom. The molecule has 0 radical (unpaired) electrons. The first-order chi connectivity index (χ1) is 26.1. The van der Waals surface area contributed by atoms with E-state index in [4.69, 9.17) is 19.9 Å². The lowest BCUT2D eigenvalue weighted by molar-refractivity contribution is 0.951. The standard InChI is InChI=1S/C44H27N7O2/c52-43-33-20-10-12-22-35(33)45-41-44(53)50(31-18-8-3-9-19-31)42-37(51(41)43)34-21-11-13-23-36(34)49(42)32-26-24-30(25-27-32)40-47-38(28-14-4-1-5-15-28)46-39(48-40)29-16-6-2-7-17-29/h1-27H. The van der Waals surface area contributed by atoms with Crippen molar-refractivity contribution in [3.8, 4) is 45.5 Å². The Kier molecular flexibility index (Phi) is 6.90. The number of hydrogen-bond donors (Lipinski definition) is 0. The van der Waals surface area contributed by atoms with Crippen LogP contribution in [0.2, 0.25) is 0 Å². The van der Waals surface area contributed by atoms with Crippen molar-refractivity contribution >= 4 is 38.6 Å². The highest BCUT2D eigenvalue weighted by Crippen LogP contribution is 2.34. The van der Waals surface area contributed by atoms with Crippen LogP contribution in [0.25, 0.3) is 84.2 Å². The molecule has 250 valence electrons. The number of aromatic nitrogens is 7. The van der Waals surface area contributed by atoms with E-state index in [-0.39, 0.29) is 11.2 Å². The number of hydrogen-bond acceptors (Lipinski definition) is 6. The minimum atomic E-state index is -0.403. The van der Waals surface area contributed by atoms with E-state index in [1.807, 2.05) is 156 Å². The van der Waals surface area contributed by atoms with Gasteiger partial charge in [-0.05, 0) is 54.6 Å². The van der Waals surface area contributed by atoms with Gasteiger partial charge in [-0.2, -0.15) is 0 Å². The lowest BCUT2D eigenvalue weighted by Gasteiger charge is -2.15. The summed E-state index contributed by atoms with van der Waals surface area (Å²) in [6, 6.07) is 52.1. The van der Waals surface area contributed by atoms with E-state index in [1.165, 1.54) is 4.40 Å². The number of nitrogens with zero attached hydrogens (tertiary/aromatic N) is 7. The highest BCUT2D eigenvalue weighted by Gasteiger charge is 2.24. The van der Waals surface area contributed by atoms with Crippen LogP contribution < -0.4 is 11.1 Å². The van der Waals surface area contributed by atoms with Crippen molar-refractivity contribution in [1.29, 1.82) is 0 Å². The van der Waals surface area contributed by atoms with Crippen molar-refractivity contribution in [2.24, 2.45) is 0 Å². The molecule has 4 heterocycles. The van der Waals surface area contributed by atoms with Crippen LogP contribution in [-0.2, 0) is 0 Å². The van der Waals surface area contributed by atoms with Crippen LogP contribution in [0, 0.1) is 0 Å². The molecule has 0 saturated carbocycles. The number of para-hydroxylation sites is 3. The molecule has 9 nitrogen and oxygen atoms in total. The molecule has 0 aliphatic rings. The molecule has 0 N–H and O–H groups in total. The molecule has 6 aromatic carbocycles. The summed E-state index contributed by atoms with van der Waals surface area (Å²) in [7, 11) is 0. The van der Waals surface area contributed by atoms with Gasteiger partial charge < -0.3 is 0 Å². The van der Waals surface area contributed by atoms with Gasteiger partial charge in [0.15, 0.2) is 23.1 Å². The summed E-state index contributed by atoms with van der Waals surface area (Å²) in [5.74, 6) is 1.68. The third-order valence-electron chi connectivity index (χ3n) is 9.53. The van der Waals surface area contributed by atoms with E-state index in [9.17, 15) is 9.59 Å². The van der Waals surface area contributed by atoms with E-state index in [0.717, 1.165) is 33.3 Å². The fraction of sp³-hybridized carbons (Fsp3) is 0. The van der Waals surface area contributed by atoms with E-state index in [0.29, 0.717) is 45.2 Å². The highest BCUT2D eigenvalue weighted by atomic mass is 16.1. The Morgan fingerprint density at radius 1 is 0.396 bits per heavy atom. The van der Waals surface area contributed by atoms with Crippen LogP contribution in [-0.4, -0.2) is 33.5 Å². The van der Waals surface area contributed by atoms with Gasteiger partial charge in [0, 0.05) is 27.8 Å². The van der Waals surface area contributed by atoms with Crippen molar-refractivity contribution in [2.75, 3.05) is 0 Å². The van der Waals surface area contributed by atoms with Crippen LogP contribution >= 0.6 is 0 Å². The van der Waals surface area contributed by atoms with Crippen LogP contribution in [0.3, 0.4) is 0 Å². The summed E-state index contributed by atoms with van der Waals surface area (Å²) >= 11 is 0. The molecule has 0 saturated heterocycles. The molecule has 9 heteroatoms. The molecule has 0 atom stereocenters. The third kappa shape index (κ3) is 4.86. The van der Waals surface area contributed by atoms with Crippen LogP contribution in [0.4, 0.5) is 0 Å². The molecule has 0 amide bonds. The van der Waals surface area contributed by atoms with Crippen LogP contribution in [0.5, 0.6) is 0 Å². The van der Waals surface area contributed by atoms with E-state index in [2.05, 4.69) is 0 Å².